The van der Waals surface area contributed by atoms with Gasteiger partial charge < -0.3 is 10.6 Å². The molecule has 124 valence electrons. The lowest BCUT2D eigenvalue weighted by atomic mass is 10.2. The molecule has 1 aromatic carbocycles. The number of hydrogen-bond acceptors (Lipinski definition) is 8. The molecule has 25 heavy (non-hydrogen) atoms. The fourth-order valence-electron chi connectivity index (χ4n) is 2.07. The molecule has 0 spiro atoms. The third-order valence-corrected chi connectivity index (χ3v) is 4.05. The molecule has 2 aromatic heterocycles. The number of nitrogens with zero attached hydrogens (tertiary/aromatic N) is 6. The first kappa shape index (κ1) is 16.5. The van der Waals surface area contributed by atoms with Crippen LogP contribution in [0.4, 0.5) is 11.9 Å². The molecule has 7 nitrogen and oxygen atoms in total. The van der Waals surface area contributed by atoms with Crippen molar-refractivity contribution in [2.75, 3.05) is 24.7 Å². The molecule has 2 N–H and O–H groups in total. The quantitative estimate of drug-likeness (QED) is 0.722. The van der Waals surface area contributed by atoms with Crippen LogP contribution >= 0.6 is 11.3 Å². The molecule has 0 amide bonds. The molecule has 8 heteroatoms. The average Bonchev–Trinajstić information content (AvgIpc) is 3.08. The number of nitrogen functional groups attached to an aromatic ring is 1. The van der Waals surface area contributed by atoms with Crippen LogP contribution in [-0.4, -0.2) is 34.0 Å². The first-order chi connectivity index (χ1) is 12.1. The topological polar surface area (TPSA) is 105 Å². The summed E-state index contributed by atoms with van der Waals surface area (Å²) in [5.74, 6) is 0.696. The summed E-state index contributed by atoms with van der Waals surface area (Å²) in [6.45, 7) is 0. The first-order valence-electron chi connectivity index (χ1n) is 7.39. The zero-order valence-electron chi connectivity index (χ0n) is 13.7. The number of aromatic nitrogens is 4. The summed E-state index contributed by atoms with van der Waals surface area (Å²) in [5, 5.41) is 12.1. The van der Waals surface area contributed by atoms with E-state index in [2.05, 4.69) is 26.0 Å². The Morgan fingerprint density at radius 3 is 2.60 bits per heavy atom. The van der Waals surface area contributed by atoms with Gasteiger partial charge in [-0.2, -0.15) is 20.2 Å². The molecular weight excluding hydrogens is 334 g/mol. The van der Waals surface area contributed by atoms with E-state index >= 15 is 0 Å². The molecule has 0 saturated carbocycles. The molecule has 0 fully saturated rings. The largest absolute Gasteiger partial charge is 0.368 e. The Hall–Kier alpha value is -3.31. The minimum Gasteiger partial charge on any atom is -0.368 e. The maximum atomic E-state index is 9.49. The van der Waals surface area contributed by atoms with Gasteiger partial charge in [-0.15, -0.1) is 11.3 Å². The van der Waals surface area contributed by atoms with E-state index in [1.807, 2.05) is 35.7 Å². The van der Waals surface area contributed by atoms with Crippen molar-refractivity contribution in [2.24, 2.45) is 0 Å². The summed E-state index contributed by atoms with van der Waals surface area (Å²) in [5.41, 5.74) is 7.89. The van der Waals surface area contributed by atoms with Gasteiger partial charge in [0.05, 0.1) is 11.3 Å². The highest BCUT2D eigenvalue weighted by Gasteiger charge is 2.12. The molecule has 0 saturated heterocycles. The third-order valence-electron chi connectivity index (χ3n) is 3.26. The second kappa shape index (κ2) is 7.07. The van der Waals surface area contributed by atoms with Crippen molar-refractivity contribution in [3.8, 4) is 17.3 Å². The Bertz CT molecular complexity index is 955. The smallest absolute Gasteiger partial charge is 0.230 e. The van der Waals surface area contributed by atoms with E-state index in [1.54, 1.807) is 25.1 Å². The number of thiazole rings is 1. The van der Waals surface area contributed by atoms with Crippen LogP contribution in [0, 0.1) is 11.3 Å². The molecule has 0 radical (unpaired) electrons. The summed E-state index contributed by atoms with van der Waals surface area (Å²) >= 11 is 1.45. The number of nitriles is 1. The van der Waals surface area contributed by atoms with E-state index in [0.29, 0.717) is 11.0 Å². The van der Waals surface area contributed by atoms with Gasteiger partial charge in [0.15, 0.2) is 5.82 Å². The molecule has 3 rings (SSSR count). The fourth-order valence-corrected chi connectivity index (χ4v) is 2.82. The fraction of sp³-hybridized carbons (Fsp3) is 0.118. The second-order valence-corrected chi connectivity index (χ2v) is 6.21. The number of hydrogen-bond donors (Lipinski definition) is 1. The summed E-state index contributed by atoms with van der Waals surface area (Å²) in [6.07, 6.45) is 1.66. The van der Waals surface area contributed by atoms with Crippen molar-refractivity contribution >= 4 is 34.9 Å². The van der Waals surface area contributed by atoms with E-state index in [4.69, 9.17) is 5.73 Å². The SMILES string of the molecule is CN(C)c1nc(N)nc(C(C#N)=Cc2nc(-c3ccccc3)cs2)n1. The van der Waals surface area contributed by atoms with Crippen LogP contribution in [0.15, 0.2) is 35.7 Å². The van der Waals surface area contributed by atoms with Gasteiger partial charge in [-0.3, -0.25) is 0 Å². The zero-order chi connectivity index (χ0) is 17.8. The molecule has 3 aromatic rings. The zero-order valence-corrected chi connectivity index (χ0v) is 14.5. The van der Waals surface area contributed by atoms with Crippen molar-refractivity contribution in [1.82, 2.24) is 19.9 Å². The molecule has 2 heterocycles. The molecule has 0 aliphatic rings. The predicted molar refractivity (Wildman–Crippen MR) is 99.6 cm³/mol. The lowest BCUT2D eigenvalue weighted by Gasteiger charge is -2.10. The third kappa shape index (κ3) is 3.79. The van der Waals surface area contributed by atoms with Crippen LogP contribution in [0.25, 0.3) is 22.9 Å². The van der Waals surface area contributed by atoms with Gasteiger partial charge in [0.1, 0.15) is 11.1 Å². The second-order valence-electron chi connectivity index (χ2n) is 5.32. The van der Waals surface area contributed by atoms with E-state index in [0.717, 1.165) is 11.3 Å². The van der Waals surface area contributed by atoms with Gasteiger partial charge in [-0.05, 0) is 6.08 Å². The summed E-state index contributed by atoms with van der Waals surface area (Å²) in [4.78, 5) is 18.6. The van der Waals surface area contributed by atoms with Gasteiger partial charge in [0.2, 0.25) is 11.9 Å². The maximum absolute atomic E-state index is 9.49. The van der Waals surface area contributed by atoms with Crippen LogP contribution in [-0.2, 0) is 0 Å². The van der Waals surface area contributed by atoms with E-state index in [-0.39, 0.29) is 17.3 Å². The molecule has 0 bridgehead atoms. The van der Waals surface area contributed by atoms with Crippen LogP contribution in [0.2, 0.25) is 0 Å². The molecule has 0 unspecified atom stereocenters. The predicted octanol–water partition coefficient (Wildman–Crippen LogP) is 2.71. The molecular formula is C17H15N7S. The Morgan fingerprint density at radius 1 is 1.16 bits per heavy atom. The van der Waals surface area contributed by atoms with Gasteiger partial charge in [-0.1, -0.05) is 30.3 Å². The number of nitrogens with two attached hydrogens (primary N) is 1. The minimum atomic E-state index is 0.0685. The Kier molecular flexibility index (Phi) is 4.68. The van der Waals surface area contributed by atoms with Gasteiger partial charge in [-0.25, -0.2) is 4.98 Å². The van der Waals surface area contributed by atoms with E-state index < -0.39 is 0 Å². The van der Waals surface area contributed by atoms with Crippen LogP contribution < -0.4 is 10.6 Å². The lowest BCUT2D eigenvalue weighted by molar-refractivity contribution is 0.952. The Labute approximate surface area is 149 Å². The van der Waals surface area contributed by atoms with Gasteiger partial charge in [0.25, 0.3) is 0 Å². The summed E-state index contributed by atoms with van der Waals surface area (Å²) < 4.78 is 0. The molecule has 0 aliphatic heterocycles. The summed E-state index contributed by atoms with van der Waals surface area (Å²) in [7, 11) is 3.59. The van der Waals surface area contributed by atoms with Crippen molar-refractivity contribution < 1.29 is 0 Å². The Morgan fingerprint density at radius 2 is 1.92 bits per heavy atom. The van der Waals surface area contributed by atoms with Crippen molar-refractivity contribution in [3.63, 3.8) is 0 Å². The van der Waals surface area contributed by atoms with Crippen LogP contribution in [0.3, 0.4) is 0 Å². The standard InChI is InChI=1S/C17H15N7S/c1-24(2)17-22-15(21-16(19)23-17)12(9-18)8-14-20-13(10-25-14)11-6-4-3-5-7-11/h3-8,10H,1-2H3,(H2,19,21,22,23). The van der Waals surface area contributed by atoms with Crippen molar-refractivity contribution in [2.45, 2.75) is 0 Å². The normalized spacial score (nSPS) is 11.2. The minimum absolute atomic E-state index is 0.0685. The van der Waals surface area contributed by atoms with E-state index in [1.165, 1.54) is 11.3 Å². The first-order valence-corrected chi connectivity index (χ1v) is 8.27. The van der Waals surface area contributed by atoms with Crippen LogP contribution in [0.1, 0.15) is 10.8 Å². The molecule has 0 aliphatic carbocycles. The van der Waals surface area contributed by atoms with Crippen LogP contribution in [0.5, 0.6) is 0 Å². The highest BCUT2D eigenvalue weighted by molar-refractivity contribution is 7.10. The maximum Gasteiger partial charge on any atom is 0.230 e. The van der Waals surface area contributed by atoms with E-state index in [9.17, 15) is 5.26 Å². The molecule has 0 atom stereocenters. The highest BCUT2D eigenvalue weighted by atomic mass is 32.1. The summed E-state index contributed by atoms with van der Waals surface area (Å²) in [6, 6.07) is 12.0. The average molecular weight is 349 g/mol. The monoisotopic (exact) mass is 349 g/mol. The Balaban J connectivity index is 1.97. The number of anilines is 2. The number of rotatable bonds is 4. The lowest BCUT2D eigenvalue weighted by Crippen LogP contribution is -2.15. The van der Waals surface area contributed by atoms with Crippen molar-refractivity contribution in [1.29, 1.82) is 5.26 Å². The van der Waals surface area contributed by atoms with Crippen molar-refractivity contribution in [3.05, 3.63) is 46.5 Å². The van der Waals surface area contributed by atoms with Gasteiger partial charge in [0, 0.05) is 25.0 Å². The number of benzene rings is 1. The number of allylic oxidation sites excluding steroid dienone is 1. The highest BCUT2D eigenvalue weighted by Crippen LogP contribution is 2.24. The van der Waals surface area contributed by atoms with Gasteiger partial charge >= 0.3 is 0 Å².